The first kappa shape index (κ1) is 8.88. The minimum absolute atomic E-state index is 0.106. The first-order chi connectivity index (χ1) is 4.31. The fourth-order valence-corrected chi connectivity index (χ4v) is 0.537. The summed E-state index contributed by atoms with van der Waals surface area (Å²) in [5.74, 6) is 0. The van der Waals surface area contributed by atoms with Crippen LogP contribution in [0, 0.1) is 0 Å². The molecule has 9 heavy (non-hydrogen) atoms. The quantitative estimate of drug-likeness (QED) is 0.422. The summed E-state index contributed by atoms with van der Waals surface area (Å²) in [6, 6.07) is 0. The van der Waals surface area contributed by atoms with Crippen LogP contribution in [0.4, 0.5) is 0 Å². The molecule has 1 unspecified atom stereocenters. The molecule has 0 aliphatic carbocycles. The van der Waals surface area contributed by atoms with Crippen LogP contribution in [0.1, 0.15) is 20.8 Å². The van der Waals surface area contributed by atoms with Crippen molar-refractivity contribution in [3.8, 4) is 0 Å². The van der Waals surface area contributed by atoms with Gasteiger partial charge in [-0.25, -0.2) is 5.43 Å². The van der Waals surface area contributed by atoms with Gasteiger partial charge in [0.2, 0.25) is 0 Å². The van der Waals surface area contributed by atoms with Gasteiger partial charge >= 0.3 is 0 Å². The van der Waals surface area contributed by atoms with E-state index < -0.39 is 0 Å². The second-order valence-corrected chi connectivity index (χ2v) is 1.77. The average molecular weight is 132 g/mol. The maximum Gasteiger partial charge on any atom is 0.117 e. The predicted octanol–water partition coefficient (Wildman–Crippen LogP) is 0.483. The summed E-state index contributed by atoms with van der Waals surface area (Å²) in [6.45, 7) is 7.64. The zero-order chi connectivity index (χ0) is 7.11. The van der Waals surface area contributed by atoms with E-state index in [2.05, 4.69) is 10.9 Å². The second kappa shape index (κ2) is 6.01. The lowest BCUT2D eigenvalue weighted by Gasteiger charge is -2.12. The van der Waals surface area contributed by atoms with Gasteiger partial charge in [0.25, 0.3) is 0 Å². The molecule has 0 radical (unpaired) electrons. The van der Waals surface area contributed by atoms with Crippen molar-refractivity contribution in [3.63, 3.8) is 0 Å². The molecule has 0 aliphatic heterocycles. The van der Waals surface area contributed by atoms with Crippen LogP contribution in [-0.2, 0) is 4.74 Å². The van der Waals surface area contributed by atoms with Crippen molar-refractivity contribution < 1.29 is 4.74 Å². The highest BCUT2D eigenvalue weighted by Crippen LogP contribution is 1.80. The molecular weight excluding hydrogens is 116 g/mol. The van der Waals surface area contributed by atoms with Gasteiger partial charge in [-0.05, 0) is 13.8 Å². The van der Waals surface area contributed by atoms with Crippen LogP contribution in [-0.4, -0.2) is 19.4 Å². The van der Waals surface area contributed by atoms with E-state index in [1.54, 1.807) is 0 Å². The Balaban J connectivity index is 2.95. The molecule has 2 N–H and O–H groups in total. The van der Waals surface area contributed by atoms with Gasteiger partial charge in [-0.3, -0.25) is 5.43 Å². The Labute approximate surface area is 56.7 Å². The van der Waals surface area contributed by atoms with Gasteiger partial charge in [-0.2, -0.15) is 0 Å². The van der Waals surface area contributed by atoms with Crippen molar-refractivity contribution >= 4 is 0 Å². The third-order valence-corrected chi connectivity index (χ3v) is 0.899. The molecule has 0 fully saturated rings. The van der Waals surface area contributed by atoms with Crippen molar-refractivity contribution in [3.05, 3.63) is 0 Å². The molecule has 3 nitrogen and oxygen atoms in total. The fourth-order valence-electron chi connectivity index (χ4n) is 0.537. The maximum absolute atomic E-state index is 5.17. The van der Waals surface area contributed by atoms with Crippen molar-refractivity contribution in [2.45, 2.75) is 27.0 Å². The van der Waals surface area contributed by atoms with Gasteiger partial charge in [0, 0.05) is 13.2 Å². The van der Waals surface area contributed by atoms with E-state index >= 15 is 0 Å². The van der Waals surface area contributed by atoms with Crippen LogP contribution in [0.2, 0.25) is 0 Å². The minimum Gasteiger partial charge on any atom is -0.363 e. The summed E-state index contributed by atoms with van der Waals surface area (Å²) < 4.78 is 5.17. The topological polar surface area (TPSA) is 33.3 Å². The molecule has 0 spiro atoms. The molecule has 0 aromatic carbocycles. The highest BCUT2D eigenvalue weighted by molar-refractivity contribution is 4.39. The summed E-state index contributed by atoms with van der Waals surface area (Å²) >= 11 is 0. The number of ether oxygens (including phenoxy) is 1. The average Bonchev–Trinajstić information content (AvgIpc) is 1.85. The molecule has 0 aromatic heterocycles. The first-order valence-corrected chi connectivity index (χ1v) is 3.41. The van der Waals surface area contributed by atoms with Crippen LogP contribution in [0.25, 0.3) is 0 Å². The number of hydrazine groups is 1. The monoisotopic (exact) mass is 132 g/mol. The van der Waals surface area contributed by atoms with Crippen LogP contribution in [0.5, 0.6) is 0 Å². The summed E-state index contributed by atoms with van der Waals surface area (Å²) in [5.41, 5.74) is 5.92. The molecule has 3 heteroatoms. The Bertz CT molecular complexity index is 59.0. The largest absolute Gasteiger partial charge is 0.363 e. The standard InChI is InChI=1S/C6H16N2O/c1-4-7-8-6(3)9-5-2/h6-8H,4-5H2,1-3H3. The highest BCUT2D eigenvalue weighted by Gasteiger charge is 1.94. The van der Waals surface area contributed by atoms with E-state index in [1.165, 1.54) is 0 Å². The molecule has 0 saturated heterocycles. The Morgan fingerprint density at radius 1 is 1.44 bits per heavy atom. The van der Waals surface area contributed by atoms with Gasteiger partial charge in [0.05, 0.1) is 0 Å². The first-order valence-electron chi connectivity index (χ1n) is 3.41. The normalized spacial score (nSPS) is 13.7. The van der Waals surface area contributed by atoms with Gasteiger partial charge in [0.15, 0.2) is 0 Å². The highest BCUT2D eigenvalue weighted by atomic mass is 16.5. The summed E-state index contributed by atoms with van der Waals surface area (Å²) in [4.78, 5) is 0. The molecule has 0 saturated carbocycles. The Hall–Kier alpha value is -0.120. The van der Waals surface area contributed by atoms with Gasteiger partial charge < -0.3 is 4.74 Å². The van der Waals surface area contributed by atoms with Crippen LogP contribution < -0.4 is 10.9 Å². The second-order valence-electron chi connectivity index (χ2n) is 1.77. The van der Waals surface area contributed by atoms with Gasteiger partial charge in [-0.1, -0.05) is 6.92 Å². The van der Waals surface area contributed by atoms with Crippen LogP contribution >= 0.6 is 0 Å². The molecule has 56 valence electrons. The lowest BCUT2D eigenvalue weighted by atomic mass is 10.7. The molecule has 0 heterocycles. The van der Waals surface area contributed by atoms with E-state index in [0.29, 0.717) is 0 Å². The van der Waals surface area contributed by atoms with E-state index in [4.69, 9.17) is 4.74 Å². The zero-order valence-corrected chi connectivity index (χ0v) is 6.40. The van der Waals surface area contributed by atoms with E-state index in [-0.39, 0.29) is 6.23 Å². The SMILES string of the molecule is CCNNC(C)OCC. The third-order valence-electron chi connectivity index (χ3n) is 0.899. The Morgan fingerprint density at radius 2 is 2.11 bits per heavy atom. The Kier molecular flexibility index (Phi) is 5.93. The zero-order valence-electron chi connectivity index (χ0n) is 6.40. The van der Waals surface area contributed by atoms with E-state index in [1.807, 2.05) is 20.8 Å². The molecular formula is C6H16N2O. The van der Waals surface area contributed by atoms with Crippen LogP contribution in [0.3, 0.4) is 0 Å². The third kappa shape index (κ3) is 5.76. The lowest BCUT2D eigenvalue weighted by molar-refractivity contribution is 0.0414. The predicted molar refractivity (Wildman–Crippen MR) is 37.9 cm³/mol. The smallest absolute Gasteiger partial charge is 0.117 e. The molecule has 0 aliphatic rings. The number of rotatable bonds is 5. The van der Waals surface area contributed by atoms with Crippen molar-refractivity contribution in [1.29, 1.82) is 0 Å². The number of hydrogen-bond acceptors (Lipinski definition) is 3. The molecule has 0 bridgehead atoms. The van der Waals surface area contributed by atoms with Crippen molar-refractivity contribution in [2.24, 2.45) is 0 Å². The molecule has 0 rings (SSSR count). The Morgan fingerprint density at radius 3 is 2.56 bits per heavy atom. The maximum atomic E-state index is 5.17. The van der Waals surface area contributed by atoms with E-state index in [9.17, 15) is 0 Å². The van der Waals surface area contributed by atoms with Crippen molar-refractivity contribution in [2.75, 3.05) is 13.2 Å². The number of nitrogens with one attached hydrogen (secondary N) is 2. The fraction of sp³-hybridized carbons (Fsp3) is 1.00. The van der Waals surface area contributed by atoms with Gasteiger partial charge in [0.1, 0.15) is 6.23 Å². The lowest BCUT2D eigenvalue weighted by Crippen LogP contribution is -2.40. The minimum atomic E-state index is 0.106. The number of hydrogen-bond donors (Lipinski definition) is 2. The van der Waals surface area contributed by atoms with Crippen LogP contribution in [0.15, 0.2) is 0 Å². The summed E-state index contributed by atoms with van der Waals surface area (Å²) in [7, 11) is 0. The summed E-state index contributed by atoms with van der Waals surface area (Å²) in [6.07, 6.45) is 0.106. The van der Waals surface area contributed by atoms with Gasteiger partial charge in [-0.15, -0.1) is 0 Å². The molecule has 0 amide bonds. The summed E-state index contributed by atoms with van der Waals surface area (Å²) in [5, 5.41) is 0. The molecule has 0 aromatic rings. The van der Waals surface area contributed by atoms with E-state index in [0.717, 1.165) is 13.2 Å². The van der Waals surface area contributed by atoms with Crippen molar-refractivity contribution in [1.82, 2.24) is 10.9 Å². The molecule has 1 atom stereocenters.